The Morgan fingerprint density at radius 3 is 2.00 bits per heavy atom. The number of hydrogen-bond acceptors (Lipinski definition) is 6. The topological polar surface area (TPSA) is 54.0 Å². The van der Waals surface area contributed by atoms with E-state index in [-0.39, 0.29) is 0 Å². The van der Waals surface area contributed by atoms with Crippen LogP contribution in [0.2, 0.25) is 0 Å². The minimum absolute atomic E-state index is 0.355. The summed E-state index contributed by atoms with van der Waals surface area (Å²) in [6, 6.07) is 3.38. The Morgan fingerprint density at radius 2 is 1.62 bits per heavy atom. The highest BCUT2D eigenvalue weighted by Gasteiger charge is 2.13. The summed E-state index contributed by atoms with van der Waals surface area (Å²) in [5.74, 6) is 1.53. The van der Waals surface area contributed by atoms with Gasteiger partial charge in [-0.2, -0.15) is 0 Å². The first-order valence-electron chi connectivity index (χ1n) is 4.33. The van der Waals surface area contributed by atoms with Crippen molar-refractivity contribution in [2.45, 2.75) is 4.90 Å². The van der Waals surface area contributed by atoms with E-state index in [4.69, 9.17) is 14.2 Å². The molecule has 0 fully saturated rings. The molecule has 1 aromatic carbocycles. The van der Waals surface area contributed by atoms with Gasteiger partial charge in [-0.1, -0.05) is 0 Å². The fourth-order valence-corrected chi connectivity index (χ4v) is 1.64. The monoisotopic (exact) mass is 244 g/mol. The molecule has 0 heterocycles. The zero-order chi connectivity index (χ0) is 12.0. The first-order chi connectivity index (χ1) is 7.76. The van der Waals surface area contributed by atoms with Gasteiger partial charge >= 0.3 is 6.47 Å². The molecule has 1 rings (SSSR count). The van der Waals surface area contributed by atoms with E-state index < -0.39 is 0 Å². The van der Waals surface area contributed by atoms with Crippen LogP contribution in [0.4, 0.5) is 0 Å². The van der Waals surface area contributed by atoms with Crippen molar-refractivity contribution in [1.82, 2.24) is 0 Å². The quantitative estimate of drug-likeness (QED) is 0.562. The van der Waals surface area contributed by atoms with Crippen molar-refractivity contribution in [2.75, 3.05) is 21.3 Å². The minimum Gasteiger partial charge on any atom is -0.493 e. The molecular formula is C10H12O5S. The van der Waals surface area contributed by atoms with E-state index in [0.717, 1.165) is 12.0 Å². The van der Waals surface area contributed by atoms with Crippen LogP contribution in [0.15, 0.2) is 17.0 Å². The van der Waals surface area contributed by atoms with Crippen molar-refractivity contribution in [3.8, 4) is 17.2 Å². The molecule has 0 aliphatic carbocycles. The number of rotatable bonds is 6. The van der Waals surface area contributed by atoms with E-state index in [1.54, 1.807) is 12.1 Å². The van der Waals surface area contributed by atoms with Crippen molar-refractivity contribution in [1.29, 1.82) is 0 Å². The van der Waals surface area contributed by atoms with Gasteiger partial charge in [-0.3, -0.25) is 4.79 Å². The third-order valence-electron chi connectivity index (χ3n) is 1.82. The fraction of sp³-hybridized carbons (Fsp3) is 0.300. The molecule has 0 saturated carbocycles. The summed E-state index contributed by atoms with van der Waals surface area (Å²) in [5, 5.41) is 0. The van der Waals surface area contributed by atoms with Gasteiger partial charge in [-0.25, -0.2) is 0 Å². The van der Waals surface area contributed by atoms with Crippen molar-refractivity contribution < 1.29 is 23.2 Å². The van der Waals surface area contributed by atoms with E-state index in [9.17, 15) is 4.79 Å². The van der Waals surface area contributed by atoms with Crippen LogP contribution in [0.25, 0.3) is 0 Å². The van der Waals surface area contributed by atoms with Gasteiger partial charge in [0.2, 0.25) is 5.75 Å². The molecule has 0 unspecified atom stereocenters. The van der Waals surface area contributed by atoms with Gasteiger partial charge in [0.05, 0.1) is 38.3 Å². The summed E-state index contributed by atoms with van der Waals surface area (Å²) in [4.78, 5) is 10.8. The lowest BCUT2D eigenvalue weighted by Gasteiger charge is -2.12. The van der Waals surface area contributed by atoms with E-state index in [1.807, 2.05) is 0 Å². The van der Waals surface area contributed by atoms with Gasteiger partial charge in [0, 0.05) is 12.1 Å². The van der Waals surface area contributed by atoms with Gasteiger partial charge in [0.25, 0.3) is 0 Å². The smallest absolute Gasteiger partial charge is 0.305 e. The minimum atomic E-state index is 0.355. The van der Waals surface area contributed by atoms with Crippen molar-refractivity contribution in [2.24, 2.45) is 0 Å². The molecule has 88 valence electrons. The van der Waals surface area contributed by atoms with Gasteiger partial charge in [0.1, 0.15) is 0 Å². The first kappa shape index (κ1) is 12.5. The van der Waals surface area contributed by atoms with Crippen LogP contribution >= 0.6 is 12.0 Å². The van der Waals surface area contributed by atoms with Gasteiger partial charge in [-0.15, -0.1) is 0 Å². The van der Waals surface area contributed by atoms with Gasteiger partial charge in [-0.05, 0) is 0 Å². The largest absolute Gasteiger partial charge is 0.493 e. The Hall–Kier alpha value is -1.56. The molecule has 0 bridgehead atoms. The highest BCUT2D eigenvalue weighted by atomic mass is 32.2. The predicted molar refractivity (Wildman–Crippen MR) is 59.1 cm³/mol. The lowest BCUT2D eigenvalue weighted by Crippen LogP contribution is -1.95. The summed E-state index contributed by atoms with van der Waals surface area (Å²) < 4.78 is 20.0. The molecule has 0 N–H and O–H groups in total. The maximum Gasteiger partial charge on any atom is 0.305 e. The van der Waals surface area contributed by atoms with Crippen LogP contribution in [-0.2, 0) is 8.98 Å². The van der Waals surface area contributed by atoms with Crippen LogP contribution in [0.3, 0.4) is 0 Å². The molecule has 0 atom stereocenters. The summed E-state index contributed by atoms with van der Waals surface area (Å²) in [7, 11) is 4.56. The zero-order valence-electron chi connectivity index (χ0n) is 9.18. The Morgan fingerprint density at radius 1 is 1.06 bits per heavy atom. The zero-order valence-corrected chi connectivity index (χ0v) is 10.00. The van der Waals surface area contributed by atoms with E-state index >= 15 is 0 Å². The lowest BCUT2D eigenvalue weighted by molar-refractivity contribution is -0.119. The molecule has 0 amide bonds. The third-order valence-corrected chi connectivity index (χ3v) is 2.42. The highest BCUT2D eigenvalue weighted by Crippen LogP contribution is 2.40. The van der Waals surface area contributed by atoms with Crippen molar-refractivity contribution in [3.05, 3.63) is 12.1 Å². The molecule has 0 saturated heterocycles. The standard InChI is InChI=1S/C10H12O5S/c1-12-8-4-7(16-15-6-11)5-9(13-2)10(8)14-3/h4-6H,1-3H3. The van der Waals surface area contributed by atoms with Crippen LogP contribution in [0.1, 0.15) is 0 Å². The molecule has 0 aromatic heterocycles. The molecule has 16 heavy (non-hydrogen) atoms. The Balaban J connectivity index is 3.09. The Kier molecular flexibility index (Phi) is 4.78. The maximum absolute atomic E-state index is 10.1. The van der Waals surface area contributed by atoms with Crippen molar-refractivity contribution in [3.63, 3.8) is 0 Å². The van der Waals surface area contributed by atoms with E-state index in [2.05, 4.69) is 4.18 Å². The first-order valence-corrected chi connectivity index (χ1v) is 5.08. The second-order valence-electron chi connectivity index (χ2n) is 2.64. The number of carbonyl (C=O) groups is 1. The number of methoxy groups -OCH3 is 3. The molecule has 1 aromatic rings. The van der Waals surface area contributed by atoms with E-state index in [0.29, 0.717) is 28.6 Å². The van der Waals surface area contributed by atoms with Crippen LogP contribution in [0.5, 0.6) is 17.2 Å². The Bertz CT molecular complexity index is 341. The summed E-state index contributed by atoms with van der Waals surface area (Å²) in [5.41, 5.74) is 0. The summed E-state index contributed by atoms with van der Waals surface area (Å²) in [6.07, 6.45) is 0. The van der Waals surface area contributed by atoms with E-state index in [1.165, 1.54) is 21.3 Å². The molecule has 0 spiro atoms. The molecule has 0 radical (unpaired) electrons. The average Bonchev–Trinajstić information content (AvgIpc) is 2.34. The summed E-state index contributed by atoms with van der Waals surface area (Å²) in [6.45, 7) is 0.355. The second kappa shape index (κ2) is 6.12. The van der Waals surface area contributed by atoms with Crippen LogP contribution in [0, 0.1) is 0 Å². The lowest BCUT2D eigenvalue weighted by atomic mass is 10.3. The summed E-state index contributed by atoms with van der Waals surface area (Å²) >= 11 is 0.915. The van der Waals surface area contributed by atoms with Gasteiger partial charge < -0.3 is 18.4 Å². The molecule has 5 nitrogen and oxygen atoms in total. The van der Waals surface area contributed by atoms with Crippen LogP contribution < -0.4 is 14.2 Å². The SMILES string of the molecule is COc1cc(SOC=O)cc(OC)c1OC. The number of ether oxygens (including phenoxy) is 3. The van der Waals surface area contributed by atoms with Crippen molar-refractivity contribution >= 4 is 18.5 Å². The third kappa shape index (κ3) is 2.73. The molecular weight excluding hydrogens is 232 g/mol. The molecule has 6 heteroatoms. The Labute approximate surface area is 97.8 Å². The number of benzene rings is 1. The molecule has 0 aliphatic rings. The fourth-order valence-electron chi connectivity index (χ4n) is 1.18. The number of hydrogen-bond donors (Lipinski definition) is 0. The normalized spacial score (nSPS) is 9.44. The maximum atomic E-state index is 10.1. The van der Waals surface area contributed by atoms with Crippen LogP contribution in [-0.4, -0.2) is 27.8 Å². The average molecular weight is 244 g/mol. The highest BCUT2D eigenvalue weighted by molar-refractivity contribution is 7.95. The van der Waals surface area contributed by atoms with Gasteiger partial charge in [0.15, 0.2) is 11.5 Å². The number of carbonyl (C=O) groups excluding carboxylic acids is 1. The second-order valence-corrected chi connectivity index (χ2v) is 3.47. The predicted octanol–water partition coefficient (Wildman–Crippen LogP) is 1.89. The molecule has 0 aliphatic heterocycles.